The zero-order valence-corrected chi connectivity index (χ0v) is 8.66. The molecule has 2 nitrogen and oxygen atoms in total. The number of aliphatic hydroxyl groups is 1. The molecule has 0 amide bonds. The summed E-state index contributed by atoms with van der Waals surface area (Å²) in [5, 5.41) is 10.3. The van der Waals surface area contributed by atoms with Gasteiger partial charge in [0.05, 0.1) is 20.1 Å². The van der Waals surface area contributed by atoms with Gasteiger partial charge in [-0.2, -0.15) is 0 Å². The van der Waals surface area contributed by atoms with Crippen LogP contribution in [0.2, 0.25) is 0 Å². The largest absolute Gasteiger partial charge is 0.344 e. The first-order chi connectivity index (χ1) is 6.02. The van der Waals surface area contributed by atoms with Gasteiger partial charge in [-0.3, -0.25) is 0 Å². The van der Waals surface area contributed by atoms with Gasteiger partial charge in [0.25, 0.3) is 0 Å². The van der Waals surface area contributed by atoms with Crippen molar-refractivity contribution in [3.05, 3.63) is 0 Å². The van der Waals surface area contributed by atoms with Crippen LogP contribution in [0.3, 0.4) is 0 Å². The molecule has 3 aliphatic heterocycles. The van der Waals surface area contributed by atoms with Crippen molar-refractivity contribution in [3.8, 4) is 0 Å². The number of piperidine rings is 3. The van der Waals surface area contributed by atoms with Crippen LogP contribution in [-0.2, 0) is 0 Å². The van der Waals surface area contributed by atoms with E-state index in [1.54, 1.807) is 0 Å². The maximum Gasteiger partial charge on any atom is 0.195 e. The molecular weight excluding hydrogens is 162 g/mol. The molecule has 13 heavy (non-hydrogen) atoms. The molecule has 4 bridgehead atoms. The lowest BCUT2D eigenvalue weighted by atomic mass is 9.58. The van der Waals surface area contributed by atoms with E-state index in [1.165, 1.54) is 32.4 Å². The summed E-state index contributed by atoms with van der Waals surface area (Å²) < 4.78 is 0.950. The van der Waals surface area contributed by atoms with E-state index >= 15 is 0 Å². The van der Waals surface area contributed by atoms with Crippen LogP contribution < -0.4 is 0 Å². The molecule has 1 N–H and O–H groups in total. The Bertz CT molecular complexity index is 214. The predicted molar refractivity (Wildman–Crippen MR) is 50.9 cm³/mol. The number of hydrogen-bond acceptors (Lipinski definition) is 1. The third-order valence-corrected chi connectivity index (χ3v) is 4.74. The average molecular weight is 182 g/mol. The highest BCUT2D eigenvalue weighted by atomic mass is 16.3. The number of nitrogens with zero attached hydrogens (tertiary/aromatic N) is 1. The molecule has 1 aliphatic carbocycles. The Hall–Kier alpha value is -0.0800. The second-order valence-corrected chi connectivity index (χ2v) is 6.25. The van der Waals surface area contributed by atoms with Crippen molar-refractivity contribution in [3.63, 3.8) is 0 Å². The van der Waals surface area contributed by atoms with E-state index in [1.807, 2.05) is 0 Å². The van der Waals surface area contributed by atoms with Gasteiger partial charge >= 0.3 is 0 Å². The molecule has 3 unspecified atom stereocenters. The van der Waals surface area contributed by atoms with Gasteiger partial charge in [0.15, 0.2) is 6.23 Å². The zero-order chi connectivity index (χ0) is 9.27. The van der Waals surface area contributed by atoms with Gasteiger partial charge in [0, 0.05) is 17.3 Å². The van der Waals surface area contributed by atoms with Crippen molar-refractivity contribution in [1.29, 1.82) is 0 Å². The Morgan fingerprint density at radius 1 is 1.23 bits per heavy atom. The Morgan fingerprint density at radius 2 is 1.77 bits per heavy atom. The third kappa shape index (κ3) is 0.909. The van der Waals surface area contributed by atoms with E-state index in [9.17, 15) is 5.11 Å². The lowest BCUT2D eigenvalue weighted by molar-refractivity contribution is -0.986. The topological polar surface area (TPSA) is 20.2 Å². The average Bonchev–Trinajstić information content (AvgIpc) is 1.97. The summed E-state index contributed by atoms with van der Waals surface area (Å²) >= 11 is 0. The minimum atomic E-state index is -0.0831. The highest BCUT2D eigenvalue weighted by Crippen LogP contribution is 2.55. The van der Waals surface area contributed by atoms with Crippen LogP contribution >= 0.6 is 0 Å². The molecule has 0 spiro atoms. The second-order valence-electron chi connectivity index (χ2n) is 6.25. The van der Waals surface area contributed by atoms with Crippen molar-refractivity contribution in [2.45, 2.75) is 32.4 Å². The fourth-order valence-corrected chi connectivity index (χ4v) is 4.74. The van der Waals surface area contributed by atoms with Crippen molar-refractivity contribution >= 4 is 0 Å². The normalized spacial score (nSPS) is 64.4. The molecular formula is C11H20NO+. The fraction of sp³-hybridized carbons (Fsp3) is 1.00. The summed E-state index contributed by atoms with van der Waals surface area (Å²) in [5.41, 5.74) is 0.249. The summed E-state index contributed by atoms with van der Waals surface area (Å²) in [6.45, 7) is 4.76. The molecule has 4 fully saturated rings. The molecule has 0 aromatic rings. The van der Waals surface area contributed by atoms with E-state index < -0.39 is 0 Å². The SMILES string of the molecule is CC12C[C@H]3C[C@@H](C1)C[N+](C)(C3)C2O. The first-order valence-electron chi connectivity index (χ1n) is 5.54. The summed E-state index contributed by atoms with van der Waals surface area (Å²) in [4.78, 5) is 0. The van der Waals surface area contributed by atoms with Gasteiger partial charge in [-0.1, -0.05) is 6.92 Å². The van der Waals surface area contributed by atoms with Gasteiger partial charge in [-0.05, 0) is 19.3 Å². The Kier molecular flexibility index (Phi) is 1.34. The molecule has 1 saturated carbocycles. The van der Waals surface area contributed by atoms with E-state index in [0.29, 0.717) is 0 Å². The minimum Gasteiger partial charge on any atom is -0.344 e. The number of rotatable bonds is 0. The zero-order valence-electron chi connectivity index (χ0n) is 8.66. The summed E-state index contributed by atoms with van der Waals surface area (Å²) in [6.07, 6.45) is 3.91. The Balaban J connectivity index is 2.03. The molecule has 4 rings (SSSR count). The Labute approximate surface area is 80.1 Å². The second kappa shape index (κ2) is 2.12. The van der Waals surface area contributed by atoms with Crippen LogP contribution in [0.1, 0.15) is 26.2 Å². The van der Waals surface area contributed by atoms with Gasteiger partial charge in [0.1, 0.15) is 0 Å². The molecule has 5 atom stereocenters. The molecule has 0 aromatic heterocycles. The standard InChI is InChI=1S/C11H20NO/c1-11-4-8-3-9(5-11)7-12(2,6-8)10(11)13/h8-10,13H,3-7H2,1-2H3/q+1/t8-,9+,10?,11?,12?. The highest BCUT2D eigenvalue weighted by Gasteiger charge is 2.61. The van der Waals surface area contributed by atoms with E-state index in [0.717, 1.165) is 16.3 Å². The van der Waals surface area contributed by atoms with Crippen LogP contribution in [0.4, 0.5) is 0 Å². The van der Waals surface area contributed by atoms with Crippen LogP contribution in [0.15, 0.2) is 0 Å². The monoisotopic (exact) mass is 182 g/mol. The molecule has 2 heteroatoms. The van der Waals surface area contributed by atoms with Crippen LogP contribution in [-0.4, -0.2) is 36.0 Å². The molecule has 0 aromatic carbocycles. The quantitative estimate of drug-likeness (QED) is 0.558. The molecule has 4 aliphatic rings. The van der Waals surface area contributed by atoms with E-state index in [2.05, 4.69) is 14.0 Å². The van der Waals surface area contributed by atoms with Crippen LogP contribution in [0.5, 0.6) is 0 Å². The fourth-order valence-electron chi connectivity index (χ4n) is 4.74. The van der Waals surface area contributed by atoms with Crippen molar-refractivity contribution in [1.82, 2.24) is 0 Å². The van der Waals surface area contributed by atoms with Crippen molar-refractivity contribution in [2.75, 3.05) is 20.1 Å². The van der Waals surface area contributed by atoms with Crippen LogP contribution in [0.25, 0.3) is 0 Å². The smallest absolute Gasteiger partial charge is 0.195 e. The lowest BCUT2D eigenvalue weighted by Crippen LogP contribution is -2.72. The van der Waals surface area contributed by atoms with E-state index in [4.69, 9.17) is 0 Å². The lowest BCUT2D eigenvalue weighted by Gasteiger charge is -2.62. The van der Waals surface area contributed by atoms with Crippen molar-refractivity contribution in [2.24, 2.45) is 17.3 Å². The summed E-state index contributed by atoms with van der Waals surface area (Å²) in [6, 6.07) is 0. The van der Waals surface area contributed by atoms with Gasteiger partial charge in [-0.15, -0.1) is 0 Å². The first-order valence-corrected chi connectivity index (χ1v) is 5.54. The number of aliphatic hydroxyl groups excluding tert-OH is 1. The van der Waals surface area contributed by atoms with Gasteiger partial charge in [0.2, 0.25) is 0 Å². The summed E-state index contributed by atoms with van der Waals surface area (Å²) in [5.74, 6) is 1.82. The minimum absolute atomic E-state index is 0.0831. The Morgan fingerprint density at radius 3 is 2.23 bits per heavy atom. The molecule has 0 radical (unpaired) electrons. The van der Waals surface area contributed by atoms with Gasteiger partial charge in [-0.25, -0.2) is 0 Å². The molecule has 3 heterocycles. The molecule has 3 saturated heterocycles. The first kappa shape index (κ1) is 8.25. The van der Waals surface area contributed by atoms with Crippen LogP contribution in [0, 0.1) is 17.3 Å². The maximum absolute atomic E-state index is 10.3. The molecule has 74 valence electrons. The summed E-state index contributed by atoms with van der Waals surface area (Å²) in [7, 11) is 2.25. The third-order valence-electron chi connectivity index (χ3n) is 4.74. The number of quaternary nitrogens is 1. The van der Waals surface area contributed by atoms with E-state index in [-0.39, 0.29) is 11.6 Å². The predicted octanol–water partition coefficient (Wildman–Crippen LogP) is 1.20. The maximum atomic E-state index is 10.3. The van der Waals surface area contributed by atoms with Gasteiger partial charge < -0.3 is 9.59 Å². The number of hydrogen-bond donors (Lipinski definition) is 1. The highest BCUT2D eigenvalue weighted by molar-refractivity contribution is 4.96. The van der Waals surface area contributed by atoms with Crippen molar-refractivity contribution < 1.29 is 9.59 Å².